The molecule has 2 aromatic rings. The summed E-state index contributed by atoms with van der Waals surface area (Å²) in [6, 6.07) is 2.20. The summed E-state index contributed by atoms with van der Waals surface area (Å²) in [5.41, 5.74) is 2.86. The first kappa shape index (κ1) is 14.4. The van der Waals surface area contributed by atoms with Gasteiger partial charge in [-0.15, -0.1) is 0 Å². The number of fused-ring (bicyclic) bond motifs is 1. The van der Waals surface area contributed by atoms with Gasteiger partial charge in [-0.2, -0.15) is 8.75 Å². The molecule has 0 amide bonds. The molecule has 0 saturated heterocycles. The molecule has 0 aliphatic heterocycles. The minimum atomic E-state index is 0.451. The Morgan fingerprint density at radius 1 is 1.15 bits per heavy atom. The number of hydrogen-bond donors (Lipinski definition) is 1. The van der Waals surface area contributed by atoms with Gasteiger partial charge in [0.2, 0.25) is 0 Å². The van der Waals surface area contributed by atoms with E-state index in [1.165, 1.54) is 24.6 Å². The minimum Gasteiger partial charge on any atom is -0.379 e. The molecule has 0 atom stereocenters. The summed E-state index contributed by atoms with van der Waals surface area (Å²) < 4.78 is 8.57. The van der Waals surface area contributed by atoms with E-state index in [1.54, 1.807) is 6.07 Å². The highest BCUT2D eigenvalue weighted by Crippen LogP contribution is 2.39. The molecule has 0 radical (unpaired) electrons. The van der Waals surface area contributed by atoms with Gasteiger partial charge < -0.3 is 5.32 Å². The largest absolute Gasteiger partial charge is 0.379 e. The molecule has 1 aromatic carbocycles. The quantitative estimate of drug-likeness (QED) is 0.803. The summed E-state index contributed by atoms with van der Waals surface area (Å²) in [7, 11) is 0. The highest BCUT2D eigenvalue weighted by molar-refractivity contribution is 7.00. The Morgan fingerprint density at radius 3 is 2.50 bits per heavy atom. The first-order valence-corrected chi connectivity index (χ1v) is 8.32. The van der Waals surface area contributed by atoms with Gasteiger partial charge >= 0.3 is 0 Å². The summed E-state index contributed by atoms with van der Waals surface area (Å²) in [5, 5.41) is 4.75. The van der Waals surface area contributed by atoms with Gasteiger partial charge in [-0.3, -0.25) is 0 Å². The number of nitrogens with one attached hydrogen (secondary N) is 1. The van der Waals surface area contributed by atoms with Crippen LogP contribution in [0.5, 0.6) is 0 Å². The Hall–Kier alpha value is -0.580. The number of nitrogens with zero attached hydrogens (tertiary/aromatic N) is 2. The van der Waals surface area contributed by atoms with Crippen molar-refractivity contribution in [3.63, 3.8) is 0 Å². The molecule has 20 heavy (non-hydrogen) atoms. The fourth-order valence-corrected chi connectivity index (χ4v) is 3.93. The van der Waals surface area contributed by atoms with E-state index in [2.05, 4.69) is 27.9 Å². The molecular weight excluding hydrogens is 313 g/mol. The first-order valence-electron chi connectivity index (χ1n) is 6.83. The van der Waals surface area contributed by atoms with Gasteiger partial charge in [-0.05, 0) is 37.2 Å². The molecule has 1 fully saturated rings. The van der Waals surface area contributed by atoms with Crippen LogP contribution in [0.15, 0.2) is 6.07 Å². The van der Waals surface area contributed by atoms with Crippen molar-refractivity contribution in [2.45, 2.75) is 45.6 Å². The van der Waals surface area contributed by atoms with Crippen LogP contribution >= 0.6 is 34.9 Å². The van der Waals surface area contributed by atoms with E-state index < -0.39 is 0 Å². The second-order valence-corrected chi connectivity index (χ2v) is 7.60. The van der Waals surface area contributed by atoms with Crippen LogP contribution < -0.4 is 5.32 Å². The molecule has 1 N–H and O–H groups in total. The molecule has 1 aromatic heterocycles. The molecular formula is C14H17Cl2N3S. The summed E-state index contributed by atoms with van der Waals surface area (Å²) in [6.07, 6.45) is 4.78. The zero-order valence-corrected chi connectivity index (χ0v) is 13.9. The second-order valence-electron chi connectivity index (χ2n) is 6.26. The van der Waals surface area contributed by atoms with Crippen LogP contribution in [0, 0.1) is 5.41 Å². The van der Waals surface area contributed by atoms with Crippen LogP contribution in [-0.2, 0) is 0 Å². The van der Waals surface area contributed by atoms with Crippen LogP contribution in [-0.4, -0.2) is 14.8 Å². The summed E-state index contributed by atoms with van der Waals surface area (Å²) in [4.78, 5) is 0. The lowest BCUT2D eigenvalue weighted by Crippen LogP contribution is -2.30. The van der Waals surface area contributed by atoms with Crippen LogP contribution in [0.4, 0.5) is 5.69 Å². The lowest BCUT2D eigenvalue weighted by molar-refractivity contribution is 0.232. The molecule has 0 spiro atoms. The second kappa shape index (κ2) is 5.32. The Morgan fingerprint density at radius 2 is 1.80 bits per heavy atom. The maximum absolute atomic E-state index is 6.33. The van der Waals surface area contributed by atoms with Crippen LogP contribution in [0.1, 0.15) is 39.5 Å². The normalized spacial score (nSPS) is 19.4. The van der Waals surface area contributed by atoms with Crippen LogP contribution in [0.25, 0.3) is 11.0 Å². The predicted octanol–water partition coefficient (Wildman–Crippen LogP) is 5.38. The van der Waals surface area contributed by atoms with Crippen molar-refractivity contribution in [2.75, 3.05) is 5.32 Å². The summed E-state index contributed by atoms with van der Waals surface area (Å²) >= 11 is 13.6. The van der Waals surface area contributed by atoms with Gasteiger partial charge in [-0.1, -0.05) is 37.0 Å². The number of hydrogen-bond acceptors (Lipinski definition) is 4. The van der Waals surface area contributed by atoms with Crippen molar-refractivity contribution in [1.82, 2.24) is 8.75 Å². The van der Waals surface area contributed by atoms with E-state index >= 15 is 0 Å². The van der Waals surface area contributed by atoms with Gasteiger partial charge in [-0.25, -0.2) is 0 Å². The maximum Gasteiger partial charge on any atom is 0.130 e. The fourth-order valence-electron chi connectivity index (χ4n) is 2.76. The smallest absolute Gasteiger partial charge is 0.130 e. The third kappa shape index (κ3) is 2.74. The number of aromatic nitrogens is 2. The molecule has 1 aliphatic rings. The van der Waals surface area contributed by atoms with Crippen molar-refractivity contribution in [2.24, 2.45) is 5.41 Å². The van der Waals surface area contributed by atoms with E-state index in [-0.39, 0.29) is 0 Å². The molecule has 3 nitrogen and oxygen atoms in total. The maximum atomic E-state index is 6.33. The molecule has 3 rings (SSSR count). The Labute approximate surface area is 133 Å². The van der Waals surface area contributed by atoms with Crippen molar-refractivity contribution in [3.05, 3.63) is 16.1 Å². The fraction of sp³-hybridized carbons (Fsp3) is 0.571. The number of anilines is 1. The van der Waals surface area contributed by atoms with Gasteiger partial charge in [0.1, 0.15) is 11.0 Å². The lowest BCUT2D eigenvalue weighted by Gasteiger charge is -2.35. The lowest BCUT2D eigenvalue weighted by atomic mass is 9.75. The Bertz CT molecular complexity index is 629. The topological polar surface area (TPSA) is 37.8 Å². The van der Waals surface area contributed by atoms with Crippen LogP contribution in [0.2, 0.25) is 10.0 Å². The summed E-state index contributed by atoms with van der Waals surface area (Å²) in [6.45, 7) is 4.67. The van der Waals surface area contributed by atoms with Gasteiger partial charge in [0.15, 0.2) is 0 Å². The highest BCUT2D eigenvalue weighted by Gasteiger charge is 2.27. The molecule has 6 heteroatoms. The van der Waals surface area contributed by atoms with Crippen LogP contribution in [0.3, 0.4) is 0 Å². The van der Waals surface area contributed by atoms with Crippen molar-refractivity contribution in [3.8, 4) is 0 Å². The summed E-state index contributed by atoms with van der Waals surface area (Å²) in [5.74, 6) is 0. The van der Waals surface area contributed by atoms with Crippen molar-refractivity contribution >= 4 is 51.7 Å². The Kier molecular flexibility index (Phi) is 3.82. The average Bonchev–Trinajstić information content (AvgIpc) is 2.86. The first-order chi connectivity index (χ1) is 9.46. The number of halogens is 2. The van der Waals surface area contributed by atoms with Gasteiger partial charge in [0, 0.05) is 6.04 Å². The molecule has 0 bridgehead atoms. The monoisotopic (exact) mass is 329 g/mol. The Balaban J connectivity index is 1.86. The molecule has 0 unspecified atom stereocenters. The van der Waals surface area contributed by atoms with E-state index in [1.807, 2.05) is 0 Å². The van der Waals surface area contributed by atoms with Gasteiger partial charge in [0.25, 0.3) is 0 Å². The van der Waals surface area contributed by atoms with Crippen molar-refractivity contribution < 1.29 is 0 Å². The van der Waals surface area contributed by atoms with E-state index in [0.29, 0.717) is 21.5 Å². The molecule has 1 heterocycles. The van der Waals surface area contributed by atoms with E-state index in [4.69, 9.17) is 23.2 Å². The SMILES string of the molecule is CC1(C)CCC(Nc2c(Cl)cc(Cl)c3nsnc23)CC1. The predicted molar refractivity (Wildman–Crippen MR) is 87.1 cm³/mol. The van der Waals surface area contributed by atoms with E-state index in [9.17, 15) is 0 Å². The third-order valence-corrected chi connectivity index (χ3v) is 5.25. The molecule has 1 saturated carbocycles. The highest BCUT2D eigenvalue weighted by atomic mass is 35.5. The average molecular weight is 330 g/mol. The molecule has 1 aliphatic carbocycles. The number of rotatable bonds is 2. The zero-order valence-electron chi connectivity index (χ0n) is 11.5. The zero-order chi connectivity index (χ0) is 14.3. The minimum absolute atomic E-state index is 0.451. The van der Waals surface area contributed by atoms with Crippen molar-refractivity contribution in [1.29, 1.82) is 0 Å². The molecule has 108 valence electrons. The number of benzene rings is 1. The standard InChI is InChI=1S/C14H17Cl2N3S/c1-14(2)5-3-8(4-6-14)17-11-9(15)7-10(16)12-13(11)19-20-18-12/h7-8,17H,3-6H2,1-2H3. The van der Waals surface area contributed by atoms with Gasteiger partial charge in [0.05, 0.1) is 27.5 Å². The third-order valence-electron chi connectivity index (χ3n) is 4.13. The van der Waals surface area contributed by atoms with E-state index in [0.717, 1.165) is 29.6 Å².